The third-order valence-corrected chi connectivity index (χ3v) is 4.34. The molecule has 0 aliphatic carbocycles. The van der Waals surface area contributed by atoms with Crippen LogP contribution in [0.3, 0.4) is 0 Å². The molecule has 0 radical (unpaired) electrons. The van der Waals surface area contributed by atoms with Gasteiger partial charge in [0.1, 0.15) is 0 Å². The van der Waals surface area contributed by atoms with E-state index in [1.807, 2.05) is 12.5 Å². The van der Waals surface area contributed by atoms with E-state index in [1.165, 1.54) is 11.1 Å². The first-order chi connectivity index (χ1) is 12.0. The number of nitrogens with one attached hydrogen (secondary N) is 2. The summed E-state index contributed by atoms with van der Waals surface area (Å²) in [7, 11) is 0. The van der Waals surface area contributed by atoms with Crippen molar-refractivity contribution in [1.82, 2.24) is 20.2 Å². The highest BCUT2D eigenvalue weighted by molar-refractivity contribution is 14.0. The molecule has 0 atom stereocenters. The molecule has 26 heavy (non-hydrogen) atoms. The van der Waals surface area contributed by atoms with Gasteiger partial charge in [0.2, 0.25) is 0 Å². The van der Waals surface area contributed by atoms with E-state index in [-0.39, 0.29) is 29.4 Å². The minimum atomic E-state index is -0.00102. The van der Waals surface area contributed by atoms with Crippen molar-refractivity contribution < 1.29 is 0 Å². The molecular formula is C20H32IN5. The molecule has 0 bridgehead atoms. The van der Waals surface area contributed by atoms with Gasteiger partial charge >= 0.3 is 0 Å². The summed E-state index contributed by atoms with van der Waals surface area (Å²) in [5, 5.41) is 6.71. The Balaban J connectivity index is 0.00000338. The highest BCUT2D eigenvalue weighted by atomic mass is 127. The van der Waals surface area contributed by atoms with Gasteiger partial charge in [0.25, 0.3) is 0 Å². The number of halogens is 1. The molecule has 1 aromatic carbocycles. The third-order valence-electron chi connectivity index (χ3n) is 4.34. The summed E-state index contributed by atoms with van der Waals surface area (Å²) in [6.07, 6.45) is 6.67. The number of aliphatic imine (C=N–C) groups is 1. The van der Waals surface area contributed by atoms with E-state index < -0.39 is 0 Å². The molecule has 0 unspecified atom stereocenters. The van der Waals surface area contributed by atoms with Gasteiger partial charge in [-0.05, 0) is 24.5 Å². The van der Waals surface area contributed by atoms with Crippen molar-refractivity contribution in [3.63, 3.8) is 0 Å². The number of guanidine groups is 1. The van der Waals surface area contributed by atoms with Crippen LogP contribution in [0.1, 0.15) is 38.8 Å². The maximum Gasteiger partial charge on any atom is 0.191 e. The van der Waals surface area contributed by atoms with E-state index in [2.05, 4.69) is 72.1 Å². The molecule has 144 valence electrons. The van der Waals surface area contributed by atoms with Gasteiger partial charge in [-0.25, -0.2) is 4.98 Å². The second kappa shape index (κ2) is 11.2. The van der Waals surface area contributed by atoms with Crippen LogP contribution in [0, 0.1) is 0 Å². The number of imidazole rings is 1. The standard InChI is InChI=1S/C20H31N5.HI/c1-5-17-7-9-18(10-8-17)20(3,4)15-24-19(22-6-2)23-12-14-25-13-11-21-16-25;/h7-11,13,16H,5-6,12,14-15H2,1-4H3,(H2,22,23,24);1H. The van der Waals surface area contributed by atoms with Gasteiger partial charge < -0.3 is 15.2 Å². The molecular weight excluding hydrogens is 437 g/mol. The fraction of sp³-hybridized carbons (Fsp3) is 0.500. The Morgan fingerprint density at radius 1 is 1.15 bits per heavy atom. The maximum absolute atomic E-state index is 4.79. The Kier molecular flexibility index (Phi) is 9.69. The molecule has 2 N–H and O–H groups in total. The fourth-order valence-electron chi connectivity index (χ4n) is 2.62. The second-order valence-corrected chi connectivity index (χ2v) is 6.86. The Morgan fingerprint density at radius 2 is 1.88 bits per heavy atom. The number of rotatable bonds is 8. The smallest absolute Gasteiger partial charge is 0.191 e. The summed E-state index contributed by atoms with van der Waals surface area (Å²) < 4.78 is 2.05. The molecule has 1 aromatic heterocycles. The first-order valence-corrected chi connectivity index (χ1v) is 9.12. The molecule has 0 saturated heterocycles. The predicted octanol–water partition coefficient (Wildman–Crippen LogP) is 3.60. The number of benzene rings is 1. The van der Waals surface area contributed by atoms with Gasteiger partial charge in [0.15, 0.2) is 5.96 Å². The zero-order chi connectivity index (χ0) is 18.1. The van der Waals surface area contributed by atoms with Crippen LogP contribution in [0.5, 0.6) is 0 Å². The van der Waals surface area contributed by atoms with Crippen LogP contribution in [0.4, 0.5) is 0 Å². The Bertz CT molecular complexity index is 647. The van der Waals surface area contributed by atoms with E-state index >= 15 is 0 Å². The maximum atomic E-state index is 4.79. The van der Waals surface area contributed by atoms with Crippen LogP contribution in [0.25, 0.3) is 0 Å². The molecule has 6 heteroatoms. The highest BCUT2D eigenvalue weighted by Crippen LogP contribution is 2.24. The van der Waals surface area contributed by atoms with E-state index in [0.29, 0.717) is 0 Å². The first-order valence-electron chi connectivity index (χ1n) is 9.12. The Hall–Kier alpha value is -1.57. The Labute approximate surface area is 174 Å². The lowest BCUT2D eigenvalue weighted by Gasteiger charge is -2.24. The Morgan fingerprint density at radius 3 is 2.46 bits per heavy atom. The molecule has 5 nitrogen and oxygen atoms in total. The monoisotopic (exact) mass is 469 g/mol. The summed E-state index contributed by atoms with van der Waals surface area (Å²) in [6.45, 7) is 12.0. The molecule has 2 rings (SSSR count). The minimum Gasteiger partial charge on any atom is -0.357 e. The van der Waals surface area contributed by atoms with E-state index in [1.54, 1.807) is 6.20 Å². The van der Waals surface area contributed by atoms with Crippen LogP contribution in [-0.2, 0) is 18.4 Å². The van der Waals surface area contributed by atoms with Crippen molar-refractivity contribution in [3.05, 3.63) is 54.1 Å². The first kappa shape index (κ1) is 22.5. The van der Waals surface area contributed by atoms with E-state index in [4.69, 9.17) is 4.99 Å². The quantitative estimate of drug-likeness (QED) is 0.353. The van der Waals surface area contributed by atoms with Gasteiger partial charge in [-0.1, -0.05) is 45.0 Å². The predicted molar refractivity (Wildman–Crippen MR) is 120 cm³/mol. The molecule has 2 aromatic rings. The van der Waals surface area contributed by atoms with Crippen molar-refractivity contribution in [2.45, 2.75) is 46.1 Å². The lowest BCUT2D eigenvalue weighted by atomic mass is 9.84. The second-order valence-electron chi connectivity index (χ2n) is 6.86. The number of nitrogens with zero attached hydrogens (tertiary/aromatic N) is 3. The van der Waals surface area contributed by atoms with Crippen molar-refractivity contribution in [1.29, 1.82) is 0 Å². The average molecular weight is 469 g/mol. The summed E-state index contributed by atoms with van der Waals surface area (Å²) in [6, 6.07) is 8.90. The molecule has 0 aliphatic heterocycles. The molecule has 0 saturated carbocycles. The van der Waals surface area contributed by atoms with Crippen LogP contribution in [0.15, 0.2) is 48.0 Å². The van der Waals surface area contributed by atoms with E-state index in [0.717, 1.165) is 38.6 Å². The minimum absolute atomic E-state index is 0. The molecule has 0 aliphatic rings. The number of hydrogen-bond acceptors (Lipinski definition) is 2. The summed E-state index contributed by atoms with van der Waals surface area (Å²) in [5.41, 5.74) is 2.69. The number of hydrogen-bond donors (Lipinski definition) is 2. The normalized spacial score (nSPS) is 11.8. The summed E-state index contributed by atoms with van der Waals surface area (Å²) in [5.74, 6) is 0.862. The lowest BCUT2D eigenvalue weighted by molar-refractivity contribution is 0.536. The average Bonchev–Trinajstić information content (AvgIpc) is 3.13. The van der Waals surface area contributed by atoms with Crippen LogP contribution in [-0.4, -0.2) is 35.1 Å². The molecule has 0 spiro atoms. The molecule has 0 fully saturated rings. The highest BCUT2D eigenvalue weighted by Gasteiger charge is 2.20. The van der Waals surface area contributed by atoms with Gasteiger partial charge in [-0.3, -0.25) is 4.99 Å². The molecule has 1 heterocycles. The van der Waals surface area contributed by atoms with Crippen LogP contribution in [0.2, 0.25) is 0 Å². The zero-order valence-corrected chi connectivity index (χ0v) is 18.7. The van der Waals surface area contributed by atoms with Crippen molar-refractivity contribution in [2.24, 2.45) is 4.99 Å². The number of aromatic nitrogens is 2. The van der Waals surface area contributed by atoms with Gasteiger partial charge in [0, 0.05) is 37.4 Å². The lowest BCUT2D eigenvalue weighted by Crippen LogP contribution is -2.39. The summed E-state index contributed by atoms with van der Waals surface area (Å²) in [4.78, 5) is 8.85. The van der Waals surface area contributed by atoms with Crippen molar-refractivity contribution in [3.8, 4) is 0 Å². The van der Waals surface area contributed by atoms with E-state index in [9.17, 15) is 0 Å². The molecule has 0 amide bonds. The van der Waals surface area contributed by atoms with Crippen molar-refractivity contribution in [2.75, 3.05) is 19.6 Å². The summed E-state index contributed by atoms with van der Waals surface area (Å²) >= 11 is 0. The van der Waals surface area contributed by atoms with Gasteiger partial charge in [0.05, 0.1) is 12.9 Å². The van der Waals surface area contributed by atoms with Gasteiger partial charge in [-0.15, -0.1) is 24.0 Å². The van der Waals surface area contributed by atoms with Gasteiger partial charge in [-0.2, -0.15) is 0 Å². The SMILES string of the molecule is CCNC(=NCC(C)(C)c1ccc(CC)cc1)NCCn1ccnc1.I. The third kappa shape index (κ3) is 6.97. The zero-order valence-electron chi connectivity index (χ0n) is 16.3. The largest absolute Gasteiger partial charge is 0.357 e. The number of aryl methyl sites for hydroxylation is 1. The van der Waals surface area contributed by atoms with Crippen LogP contribution < -0.4 is 10.6 Å². The van der Waals surface area contributed by atoms with Crippen LogP contribution >= 0.6 is 24.0 Å². The van der Waals surface area contributed by atoms with Crippen molar-refractivity contribution >= 4 is 29.9 Å². The fourth-order valence-corrected chi connectivity index (χ4v) is 2.62. The topological polar surface area (TPSA) is 54.2 Å².